The van der Waals surface area contributed by atoms with Crippen molar-refractivity contribution in [1.29, 1.82) is 0 Å². The molecular weight excluding hydrogens is 335 g/mol. The van der Waals surface area contributed by atoms with Gasteiger partial charge in [-0.05, 0) is 51.8 Å². The predicted octanol–water partition coefficient (Wildman–Crippen LogP) is 4.41. The second kappa shape index (κ2) is 8.77. The zero-order chi connectivity index (χ0) is 18.4. The summed E-state index contributed by atoms with van der Waals surface area (Å²) in [5.74, 6) is 1.11. The lowest BCUT2D eigenvalue weighted by atomic mass is 10.0. The van der Waals surface area contributed by atoms with Gasteiger partial charge in [-0.2, -0.15) is 0 Å². The summed E-state index contributed by atoms with van der Waals surface area (Å²) >= 11 is 0. The van der Waals surface area contributed by atoms with Gasteiger partial charge in [0.25, 0.3) is 0 Å². The molecule has 0 fully saturated rings. The summed E-state index contributed by atoms with van der Waals surface area (Å²) in [6, 6.07) is 11.0. The van der Waals surface area contributed by atoms with Crippen LogP contribution in [0.3, 0.4) is 0 Å². The molecule has 0 saturated heterocycles. The van der Waals surface area contributed by atoms with E-state index in [0.717, 1.165) is 16.7 Å². The van der Waals surface area contributed by atoms with E-state index in [1.807, 2.05) is 32.0 Å². The minimum Gasteiger partial charge on any atom is -0.497 e. The van der Waals surface area contributed by atoms with Crippen LogP contribution in [0.2, 0.25) is 0 Å². The summed E-state index contributed by atoms with van der Waals surface area (Å²) in [6.45, 7) is 3.89. The zero-order valence-corrected chi connectivity index (χ0v) is 16.0. The molecule has 132 valence electrons. The number of benzene rings is 2. The monoisotopic (exact) mass is 358 g/mol. The molecule has 1 atom stereocenters. The van der Waals surface area contributed by atoms with Crippen LogP contribution in [0.5, 0.6) is 11.5 Å². The van der Waals surface area contributed by atoms with E-state index in [4.69, 9.17) is 9.47 Å². The molecule has 0 aliphatic rings. The summed E-state index contributed by atoms with van der Waals surface area (Å²) in [5.41, 5.74) is 3.40. The molecule has 0 spiro atoms. The molecule has 0 bridgehead atoms. The lowest BCUT2D eigenvalue weighted by Crippen LogP contribution is -2.05. The van der Waals surface area contributed by atoms with Crippen molar-refractivity contribution < 1.29 is 19.1 Å². The third kappa shape index (κ3) is 4.67. The van der Waals surface area contributed by atoms with Crippen LogP contribution in [-0.4, -0.2) is 31.7 Å². The molecular formula is C20H23O4P. The summed E-state index contributed by atoms with van der Waals surface area (Å²) in [5, 5.41) is 0. The van der Waals surface area contributed by atoms with Gasteiger partial charge in [-0.15, -0.1) is 0 Å². The minimum atomic E-state index is -0.0266. The molecule has 5 heteroatoms. The van der Waals surface area contributed by atoms with Crippen LogP contribution >= 0.6 is 8.58 Å². The number of hydrogen-bond acceptors (Lipinski definition) is 4. The molecule has 1 unspecified atom stereocenters. The van der Waals surface area contributed by atoms with Crippen LogP contribution in [0, 0.1) is 13.8 Å². The molecule has 0 aliphatic carbocycles. The molecule has 0 heterocycles. The van der Waals surface area contributed by atoms with E-state index in [1.54, 1.807) is 25.3 Å². The zero-order valence-electron chi connectivity index (χ0n) is 15.0. The number of hydrogen-bond donors (Lipinski definition) is 0. The van der Waals surface area contributed by atoms with Gasteiger partial charge in [0.15, 0.2) is 11.3 Å². The topological polar surface area (TPSA) is 52.6 Å². The van der Waals surface area contributed by atoms with Crippen LogP contribution in [0.25, 0.3) is 0 Å². The number of ketones is 1. The van der Waals surface area contributed by atoms with E-state index < -0.39 is 0 Å². The van der Waals surface area contributed by atoms with Gasteiger partial charge in [0.2, 0.25) is 0 Å². The Morgan fingerprint density at radius 1 is 1.00 bits per heavy atom. The van der Waals surface area contributed by atoms with E-state index in [-0.39, 0.29) is 19.9 Å². The molecule has 25 heavy (non-hydrogen) atoms. The van der Waals surface area contributed by atoms with Crippen LogP contribution in [0.1, 0.15) is 38.3 Å². The summed E-state index contributed by atoms with van der Waals surface area (Å²) in [7, 11) is 3.18. The maximum absolute atomic E-state index is 12.5. The number of aryl methyl sites for hydroxylation is 2. The van der Waals surface area contributed by atoms with Gasteiger partial charge in [-0.3, -0.25) is 9.59 Å². The van der Waals surface area contributed by atoms with Gasteiger partial charge in [0, 0.05) is 18.1 Å². The highest BCUT2D eigenvalue weighted by Crippen LogP contribution is 2.28. The fourth-order valence-corrected chi connectivity index (χ4v) is 3.86. The first-order valence-electron chi connectivity index (χ1n) is 8.07. The van der Waals surface area contributed by atoms with Gasteiger partial charge < -0.3 is 9.47 Å². The van der Waals surface area contributed by atoms with Crippen molar-refractivity contribution in [3.8, 4) is 11.5 Å². The molecule has 2 rings (SSSR count). The number of Topliss-reactive ketones (excluding diaryl/α,β-unsaturated/α-hetero) is 1. The quantitative estimate of drug-likeness (QED) is 0.518. The molecule has 0 radical (unpaired) electrons. The molecule has 0 saturated carbocycles. The van der Waals surface area contributed by atoms with Crippen molar-refractivity contribution in [2.24, 2.45) is 0 Å². The third-order valence-electron chi connectivity index (χ3n) is 4.05. The Morgan fingerprint density at radius 2 is 1.68 bits per heavy atom. The number of rotatable bonds is 8. The van der Waals surface area contributed by atoms with Crippen molar-refractivity contribution in [2.75, 3.05) is 20.4 Å². The van der Waals surface area contributed by atoms with Crippen LogP contribution in [-0.2, 0) is 0 Å². The van der Waals surface area contributed by atoms with Crippen molar-refractivity contribution in [2.45, 2.75) is 20.3 Å². The van der Waals surface area contributed by atoms with E-state index in [2.05, 4.69) is 0 Å². The highest BCUT2D eigenvalue weighted by molar-refractivity contribution is 7.58. The van der Waals surface area contributed by atoms with Crippen LogP contribution in [0.4, 0.5) is 0 Å². The first-order valence-corrected chi connectivity index (χ1v) is 9.28. The van der Waals surface area contributed by atoms with Gasteiger partial charge in [-0.25, -0.2) is 0 Å². The molecule has 2 aromatic rings. The second-order valence-corrected chi connectivity index (χ2v) is 7.07. The Balaban J connectivity index is 2.00. The van der Waals surface area contributed by atoms with Gasteiger partial charge in [0.05, 0.1) is 19.8 Å². The Hall–Kier alpha value is -2.19. The standard InChI is InChI=1S/C20H23O4P/c1-13-6-5-7-14(2)19(13)20(22)25-11-10-17(21)16-9-8-15(23-3)12-18(16)24-4/h5-9,12,25H,10-11H2,1-4H3. The first-order chi connectivity index (χ1) is 12.0. The molecule has 0 N–H and O–H groups in total. The number of methoxy groups -OCH3 is 2. The van der Waals surface area contributed by atoms with E-state index >= 15 is 0 Å². The van der Waals surface area contributed by atoms with Crippen molar-refractivity contribution in [3.63, 3.8) is 0 Å². The molecule has 4 nitrogen and oxygen atoms in total. The third-order valence-corrected chi connectivity index (χ3v) is 5.13. The Kier molecular flexibility index (Phi) is 6.72. The minimum absolute atomic E-state index is 0.0266. The molecule has 0 amide bonds. The largest absolute Gasteiger partial charge is 0.497 e. The SMILES string of the molecule is COc1ccc(C(=O)CCPC(=O)c2c(C)cccc2C)c(OC)c1. The van der Waals surface area contributed by atoms with E-state index in [0.29, 0.717) is 29.6 Å². The van der Waals surface area contributed by atoms with Crippen LogP contribution < -0.4 is 9.47 Å². The molecule has 0 aromatic heterocycles. The normalized spacial score (nSPS) is 10.9. The lowest BCUT2D eigenvalue weighted by Gasteiger charge is -2.10. The lowest BCUT2D eigenvalue weighted by molar-refractivity contribution is 0.0986. The highest BCUT2D eigenvalue weighted by Gasteiger charge is 2.16. The Labute approximate surface area is 150 Å². The average molecular weight is 358 g/mol. The maximum Gasteiger partial charge on any atom is 0.181 e. The van der Waals surface area contributed by atoms with Crippen LogP contribution in [0.15, 0.2) is 36.4 Å². The number of carbonyl (C=O) groups excluding carboxylic acids is 2. The highest BCUT2D eigenvalue weighted by atomic mass is 31.1. The predicted molar refractivity (Wildman–Crippen MR) is 102 cm³/mol. The van der Waals surface area contributed by atoms with Gasteiger partial charge >= 0.3 is 0 Å². The number of carbonyl (C=O) groups is 2. The molecule has 0 aliphatic heterocycles. The van der Waals surface area contributed by atoms with Crippen molar-refractivity contribution in [3.05, 3.63) is 58.7 Å². The Morgan fingerprint density at radius 3 is 2.28 bits per heavy atom. The fourth-order valence-electron chi connectivity index (χ4n) is 2.71. The van der Waals surface area contributed by atoms with Gasteiger partial charge in [-0.1, -0.05) is 18.2 Å². The fraction of sp³-hybridized carbons (Fsp3) is 0.300. The summed E-state index contributed by atoms with van der Waals surface area (Å²) < 4.78 is 10.4. The maximum atomic E-state index is 12.5. The van der Waals surface area contributed by atoms with Gasteiger partial charge in [0.1, 0.15) is 11.5 Å². The summed E-state index contributed by atoms with van der Waals surface area (Å²) in [6.07, 6.45) is 0.860. The van der Waals surface area contributed by atoms with Crippen molar-refractivity contribution >= 4 is 19.9 Å². The Bertz CT molecular complexity index is 763. The van der Waals surface area contributed by atoms with E-state index in [1.165, 1.54) is 7.11 Å². The smallest absolute Gasteiger partial charge is 0.181 e. The van der Waals surface area contributed by atoms with E-state index in [9.17, 15) is 9.59 Å². The molecule has 2 aromatic carbocycles. The van der Waals surface area contributed by atoms with Crippen molar-refractivity contribution in [1.82, 2.24) is 0 Å². The average Bonchev–Trinajstić information content (AvgIpc) is 2.60. The second-order valence-electron chi connectivity index (χ2n) is 5.76. The first kappa shape index (κ1) is 19.1. The summed E-state index contributed by atoms with van der Waals surface area (Å²) in [4.78, 5) is 24.9. The number of ether oxygens (including phenoxy) is 2.